The minimum atomic E-state index is 1.03. The van der Waals surface area contributed by atoms with Gasteiger partial charge in [0.05, 0.1) is 18.2 Å². The Kier molecular flexibility index (Phi) is 2.26. The molecule has 1 aromatic rings. The van der Waals surface area contributed by atoms with Crippen LogP contribution in [-0.4, -0.2) is 9.55 Å². The number of hydrogen-bond donors (Lipinski definition) is 0. The zero-order valence-electron chi connectivity index (χ0n) is 6.91. The summed E-state index contributed by atoms with van der Waals surface area (Å²) in [5.41, 5.74) is 2.19. The first kappa shape index (κ1) is 7.79. The molecule has 0 unspecified atom stereocenters. The number of nitrogens with zero attached hydrogens (tertiary/aromatic N) is 2. The fourth-order valence-electron chi connectivity index (χ4n) is 0.890. The molecule has 11 heavy (non-hydrogen) atoms. The summed E-state index contributed by atoms with van der Waals surface area (Å²) in [6.45, 7) is 7.73. The summed E-state index contributed by atoms with van der Waals surface area (Å²) in [4.78, 5) is 4.01. The summed E-state index contributed by atoms with van der Waals surface area (Å²) in [5.74, 6) is 0. The first-order chi connectivity index (χ1) is 5.29. The van der Waals surface area contributed by atoms with E-state index in [2.05, 4.69) is 11.6 Å². The van der Waals surface area contributed by atoms with Crippen molar-refractivity contribution in [2.45, 2.75) is 13.8 Å². The molecule has 0 N–H and O–H groups in total. The average molecular weight is 148 g/mol. The second kappa shape index (κ2) is 3.19. The van der Waals surface area contributed by atoms with Crippen LogP contribution in [0.4, 0.5) is 0 Å². The molecule has 0 aliphatic rings. The third kappa shape index (κ3) is 1.40. The van der Waals surface area contributed by atoms with Gasteiger partial charge in [0, 0.05) is 5.70 Å². The van der Waals surface area contributed by atoms with Crippen LogP contribution >= 0.6 is 0 Å². The maximum Gasteiger partial charge on any atom is 0.0994 e. The topological polar surface area (TPSA) is 17.8 Å². The van der Waals surface area contributed by atoms with Crippen molar-refractivity contribution in [3.05, 3.63) is 30.9 Å². The molecule has 0 aliphatic carbocycles. The van der Waals surface area contributed by atoms with Gasteiger partial charge in [0.25, 0.3) is 0 Å². The van der Waals surface area contributed by atoms with Crippen molar-refractivity contribution in [1.82, 2.24) is 9.55 Å². The standard InChI is InChI=1S/C9H12N2/c1-4-8(3)11-7-10-6-9(11)5-2/h4-7H,2H2,1,3H3/b8-4-. The quantitative estimate of drug-likeness (QED) is 0.629. The Balaban J connectivity index is 3.12. The van der Waals surface area contributed by atoms with Crippen LogP contribution in [0, 0.1) is 0 Å². The number of allylic oxidation sites excluding steroid dienone is 2. The summed E-state index contributed by atoms with van der Waals surface area (Å²) >= 11 is 0. The lowest BCUT2D eigenvalue weighted by Gasteiger charge is -2.02. The number of rotatable bonds is 2. The molecule has 2 heteroatoms. The summed E-state index contributed by atoms with van der Waals surface area (Å²) in [7, 11) is 0. The van der Waals surface area contributed by atoms with Gasteiger partial charge < -0.3 is 4.57 Å². The van der Waals surface area contributed by atoms with E-state index >= 15 is 0 Å². The van der Waals surface area contributed by atoms with Crippen molar-refractivity contribution in [2.75, 3.05) is 0 Å². The molecular formula is C9H12N2. The van der Waals surface area contributed by atoms with E-state index in [0.717, 1.165) is 11.4 Å². The monoisotopic (exact) mass is 148 g/mol. The van der Waals surface area contributed by atoms with Gasteiger partial charge in [-0.1, -0.05) is 12.7 Å². The minimum absolute atomic E-state index is 1.03. The average Bonchev–Trinajstić information content (AvgIpc) is 2.50. The molecule has 0 atom stereocenters. The normalized spacial score (nSPS) is 11.6. The molecule has 0 saturated carbocycles. The Morgan fingerprint density at radius 3 is 3.00 bits per heavy atom. The zero-order chi connectivity index (χ0) is 8.27. The van der Waals surface area contributed by atoms with Crippen molar-refractivity contribution in [3.63, 3.8) is 0 Å². The summed E-state index contributed by atoms with van der Waals surface area (Å²) in [6.07, 6.45) is 7.40. The molecule has 1 aromatic heterocycles. The second-order valence-electron chi connectivity index (χ2n) is 2.32. The molecule has 0 amide bonds. The largest absolute Gasteiger partial charge is 0.304 e. The van der Waals surface area contributed by atoms with Crippen LogP contribution in [0.25, 0.3) is 11.8 Å². The van der Waals surface area contributed by atoms with Gasteiger partial charge in [0.15, 0.2) is 0 Å². The predicted octanol–water partition coefficient (Wildman–Crippen LogP) is 2.41. The van der Waals surface area contributed by atoms with Gasteiger partial charge in [0.1, 0.15) is 0 Å². The Hall–Kier alpha value is -1.31. The highest BCUT2D eigenvalue weighted by Crippen LogP contribution is 2.08. The third-order valence-electron chi connectivity index (χ3n) is 1.67. The molecule has 0 bridgehead atoms. The molecular weight excluding hydrogens is 136 g/mol. The van der Waals surface area contributed by atoms with E-state index in [4.69, 9.17) is 0 Å². The van der Waals surface area contributed by atoms with Gasteiger partial charge in [-0.2, -0.15) is 0 Å². The van der Waals surface area contributed by atoms with Crippen LogP contribution < -0.4 is 0 Å². The van der Waals surface area contributed by atoms with Crippen molar-refractivity contribution < 1.29 is 0 Å². The van der Waals surface area contributed by atoms with Crippen molar-refractivity contribution in [3.8, 4) is 0 Å². The van der Waals surface area contributed by atoms with Gasteiger partial charge >= 0.3 is 0 Å². The number of imidazole rings is 1. The third-order valence-corrected chi connectivity index (χ3v) is 1.67. The summed E-state index contributed by atoms with van der Waals surface area (Å²) in [5, 5.41) is 0. The van der Waals surface area contributed by atoms with Crippen LogP contribution in [0.5, 0.6) is 0 Å². The van der Waals surface area contributed by atoms with E-state index in [9.17, 15) is 0 Å². The lowest BCUT2D eigenvalue weighted by Crippen LogP contribution is -1.92. The molecule has 2 nitrogen and oxygen atoms in total. The zero-order valence-corrected chi connectivity index (χ0v) is 6.91. The predicted molar refractivity (Wildman–Crippen MR) is 47.9 cm³/mol. The van der Waals surface area contributed by atoms with Crippen LogP contribution in [0.2, 0.25) is 0 Å². The Bertz CT molecular complexity index is 282. The van der Waals surface area contributed by atoms with Crippen LogP contribution in [0.15, 0.2) is 25.2 Å². The first-order valence-electron chi connectivity index (χ1n) is 3.57. The van der Waals surface area contributed by atoms with E-state index in [1.54, 1.807) is 18.6 Å². The second-order valence-corrected chi connectivity index (χ2v) is 2.32. The van der Waals surface area contributed by atoms with Crippen molar-refractivity contribution in [1.29, 1.82) is 0 Å². The highest BCUT2D eigenvalue weighted by molar-refractivity contribution is 5.51. The Labute approximate surface area is 66.9 Å². The SMILES string of the molecule is C=Cc1cncn1/C(C)=C\C. The molecule has 0 aromatic carbocycles. The maximum absolute atomic E-state index is 4.01. The Morgan fingerprint density at radius 2 is 2.45 bits per heavy atom. The molecule has 0 saturated heterocycles. The fraction of sp³-hybridized carbons (Fsp3) is 0.222. The highest BCUT2D eigenvalue weighted by atomic mass is 15.0. The van der Waals surface area contributed by atoms with E-state index in [1.165, 1.54) is 0 Å². The van der Waals surface area contributed by atoms with Crippen LogP contribution in [-0.2, 0) is 0 Å². The minimum Gasteiger partial charge on any atom is -0.304 e. The molecule has 0 spiro atoms. The molecule has 0 fully saturated rings. The molecule has 1 rings (SSSR count). The van der Waals surface area contributed by atoms with Gasteiger partial charge in [-0.3, -0.25) is 0 Å². The van der Waals surface area contributed by atoms with E-state index in [-0.39, 0.29) is 0 Å². The number of aromatic nitrogens is 2. The van der Waals surface area contributed by atoms with E-state index in [0.29, 0.717) is 0 Å². The molecule has 58 valence electrons. The maximum atomic E-state index is 4.01. The van der Waals surface area contributed by atoms with Crippen molar-refractivity contribution >= 4 is 11.8 Å². The van der Waals surface area contributed by atoms with Crippen LogP contribution in [0.3, 0.4) is 0 Å². The smallest absolute Gasteiger partial charge is 0.0994 e. The fourth-order valence-corrected chi connectivity index (χ4v) is 0.890. The van der Waals surface area contributed by atoms with Crippen LogP contribution in [0.1, 0.15) is 19.5 Å². The molecule has 0 radical (unpaired) electrons. The number of hydrogen-bond acceptors (Lipinski definition) is 1. The van der Waals surface area contributed by atoms with E-state index in [1.807, 2.05) is 24.5 Å². The van der Waals surface area contributed by atoms with Crippen molar-refractivity contribution in [2.24, 2.45) is 0 Å². The molecule has 1 heterocycles. The first-order valence-corrected chi connectivity index (χ1v) is 3.57. The summed E-state index contributed by atoms with van der Waals surface area (Å²) in [6, 6.07) is 0. The van der Waals surface area contributed by atoms with Gasteiger partial charge in [-0.05, 0) is 19.9 Å². The van der Waals surface area contributed by atoms with Gasteiger partial charge in [-0.25, -0.2) is 4.98 Å². The van der Waals surface area contributed by atoms with Gasteiger partial charge in [0.2, 0.25) is 0 Å². The lowest BCUT2D eigenvalue weighted by molar-refractivity contribution is 1.06. The molecule has 0 aliphatic heterocycles. The lowest BCUT2D eigenvalue weighted by atomic mass is 10.4. The van der Waals surface area contributed by atoms with Gasteiger partial charge in [-0.15, -0.1) is 0 Å². The Morgan fingerprint density at radius 1 is 1.73 bits per heavy atom. The summed E-state index contributed by atoms with van der Waals surface area (Å²) < 4.78 is 1.99. The van der Waals surface area contributed by atoms with E-state index < -0.39 is 0 Å². The highest BCUT2D eigenvalue weighted by Gasteiger charge is 1.96.